The molecule has 1 fully saturated rings. The molecule has 2 amide bonds. The maximum Gasteiger partial charge on any atom is 0.325 e. The standard InChI is InChI=1S/C32H36N6O7S/c1-3-43-28(41)17-34-31(42)33-16-21-4-10-24(11-5-21)30-44-27(20(2)29(45-30)23-8-6-22(18-39)7-9-23)19-46-32-35-36-37-38(32)25-12-14-26(40)15-13-25/h4-15,20,27,29-30,39-40H,3,16-19H2,1-2H3,(H2,33,34,42)/t20-,27+,29+,30+/m1/s1. The van der Waals surface area contributed by atoms with Crippen LogP contribution in [-0.4, -0.2) is 67.4 Å². The summed E-state index contributed by atoms with van der Waals surface area (Å²) in [5.74, 6) is 0.144. The Hall–Kier alpha value is -4.50. The van der Waals surface area contributed by atoms with Gasteiger partial charge in [-0.15, -0.1) is 5.10 Å². The van der Waals surface area contributed by atoms with Gasteiger partial charge in [0, 0.05) is 23.8 Å². The van der Waals surface area contributed by atoms with Crippen LogP contribution in [0.2, 0.25) is 0 Å². The van der Waals surface area contributed by atoms with Crippen LogP contribution in [0.1, 0.15) is 48.5 Å². The number of carbonyl (C=O) groups excluding carboxylic acids is 2. The van der Waals surface area contributed by atoms with E-state index in [9.17, 15) is 19.8 Å². The SMILES string of the molecule is CCOC(=O)CNC(=O)NCc1ccc([C@H]2O[C@@H](CSc3nnnn3-c3ccc(O)cc3)[C@@H](C)[C@@H](c3ccc(CO)cc3)O2)cc1. The molecule has 0 aliphatic carbocycles. The first-order valence-electron chi connectivity index (χ1n) is 14.8. The number of aliphatic hydroxyl groups is 1. The fraction of sp³-hybridized carbons (Fsp3) is 0.344. The van der Waals surface area contributed by atoms with Crippen molar-refractivity contribution in [3.63, 3.8) is 0 Å². The Kier molecular flexibility index (Phi) is 11.2. The lowest BCUT2D eigenvalue weighted by Gasteiger charge is -2.41. The Morgan fingerprint density at radius 1 is 0.957 bits per heavy atom. The summed E-state index contributed by atoms with van der Waals surface area (Å²) in [6, 6.07) is 21.4. The topological polar surface area (TPSA) is 170 Å². The maximum absolute atomic E-state index is 12.1. The number of phenolic OH excluding ortho intramolecular Hbond substituents is 1. The van der Waals surface area contributed by atoms with Gasteiger partial charge in [-0.25, -0.2) is 4.79 Å². The van der Waals surface area contributed by atoms with Crippen molar-refractivity contribution in [1.82, 2.24) is 30.8 Å². The molecule has 0 unspecified atom stereocenters. The molecule has 0 radical (unpaired) electrons. The van der Waals surface area contributed by atoms with Crippen LogP contribution in [0.15, 0.2) is 78.0 Å². The van der Waals surface area contributed by atoms with Crippen LogP contribution in [0.25, 0.3) is 5.69 Å². The Morgan fingerprint density at radius 3 is 2.35 bits per heavy atom. The second-order valence-corrected chi connectivity index (χ2v) is 11.6. The number of urea groups is 1. The number of hydrogen-bond donors (Lipinski definition) is 4. The molecule has 4 atom stereocenters. The molecule has 5 rings (SSSR count). The van der Waals surface area contributed by atoms with Crippen LogP contribution in [0.3, 0.4) is 0 Å². The first-order chi connectivity index (χ1) is 22.3. The number of aliphatic hydroxyl groups excluding tert-OH is 1. The summed E-state index contributed by atoms with van der Waals surface area (Å²) >= 11 is 1.46. The molecule has 1 aliphatic rings. The van der Waals surface area contributed by atoms with E-state index in [-0.39, 0.29) is 50.2 Å². The van der Waals surface area contributed by atoms with Crippen molar-refractivity contribution in [3.05, 3.63) is 95.1 Å². The Labute approximate surface area is 270 Å². The van der Waals surface area contributed by atoms with Gasteiger partial charge in [0.1, 0.15) is 12.3 Å². The minimum absolute atomic E-state index is 0.0432. The summed E-state index contributed by atoms with van der Waals surface area (Å²) in [6.07, 6.45) is -1.22. The number of esters is 1. The molecular weight excluding hydrogens is 612 g/mol. The zero-order valence-corrected chi connectivity index (χ0v) is 26.2. The normalized spacial score (nSPS) is 19.4. The molecule has 1 aliphatic heterocycles. The van der Waals surface area contributed by atoms with E-state index in [1.807, 2.05) is 48.5 Å². The highest BCUT2D eigenvalue weighted by molar-refractivity contribution is 7.99. The van der Waals surface area contributed by atoms with Crippen LogP contribution in [0.5, 0.6) is 5.75 Å². The molecule has 2 heterocycles. The Bertz CT molecular complexity index is 1580. The summed E-state index contributed by atoms with van der Waals surface area (Å²) in [7, 11) is 0. The highest BCUT2D eigenvalue weighted by Gasteiger charge is 2.38. The number of ether oxygens (including phenoxy) is 3. The molecule has 242 valence electrons. The van der Waals surface area contributed by atoms with E-state index in [1.54, 1.807) is 35.9 Å². The fourth-order valence-corrected chi connectivity index (χ4v) is 5.95. The highest BCUT2D eigenvalue weighted by Crippen LogP contribution is 2.43. The van der Waals surface area contributed by atoms with Gasteiger partial charge in [-0.05, 0) is 58.3 Å². The number of rotatable bonds is 12. The molecule has 0 bridgehead atoms. The second kappa shape index (κ2) is 15.7. The van der Waals surface area contributed by atoms with E-state index in [0.29, 0.717) is 10.9 Å². The summed E-state index contributed by atoms with van der Waals surface area (Å²) < 4.78 is 19.5. The quantitative estimate of drug-likeness (QED) is 0.130. The first-order valence-corrected chi connectivity index (χ1v) is 15.8. The van der Waals surface area contributed by atoms with Crippen LogP contribution in [0.4, 0.5) is 4.79 Å². The summed E-state index contributed by atoms with van der Waals surface area (Å²) in [4.78, 5) is 23.5. The number of nitrogens with zero attached hydrogens (tertiary/aromatic N) is 4. The third kappa shape index (κ3) is 8.40. The first kappa shape index (κ1) is 32.9. The number of carbonyl (C=O) groups is 2. The number of amides is 2. The van der Waals surface area contributed by atoms with Gasteiger partial charge < -0.3 is 35.1 Å². The maximum atomic E-state index is 12.1. The molecule has 1 aromatic heterocycles. The third-order valence-corrected chi connectivity index (χ3v) is 8.45. The predicted octanol–water partition coefficient (Wildman–Crippen LogP) is 3.81. The minimum Gasteiger partial charge on any atom is -0.508 e. The predicted molar refractivity (Wildman–Crippen MR) is 168 cm³/mol. The van der Waals surface area contributed by atoms with E-state index in [0.717, 1.165) is 27.9 Å². The van der Waals surface area contributed by atoms with Crippen LogP contribution in [-0.2, 0) is 32.2 Å². The van der Waals surface area contributed by atoms with Crippen molar-refractivity contribution >= 4 is 23.8 Å². The van der Waals surface area contributed by atoms with Gasteiger partial charge >= 0.3 is 12.0 Å². The van der Waals surface area contributed by atoms with Crippen LogP contribution in [0, 0.1) is 5.92 Å². The van der Waals surface area contributed by atoms with E-state index in [1.165, 1.54) is 11.8 Å². The van der Waals surface area contributed by atoms with E-state index < -0.39 is 18.3 Å². The van der Waals surface area contributed by atoms with E-state index in [2.05, 4.69) is 33.1 Å². The number of hydrogen-bond acceptors (Lipinski definition) is 11. The number of tetrazole rings is 1. The van der Waals surface area contributed by atoms with Crippen LogP contribution >= 0.6 is 11.8 Å². The second-order valence-electron chi connectivity index (χ2n) is 10.6. The van der Waals surface area contributed by atoms with Crippen LogP contribution < -0.4 is 10.6 Å². The van der Waals surface area contributed by atoms with Crippen molar-refractivity contribution in [1.29, 1.82) is 0 Å². The number of aromatic hydroxyl groups is 1. The molecular formula is C32H36N6O7S. The Balaban J connectivity index is 1.28. The zero-order valence-electron chi connectivity index (χ0n) is 25.4. The van der Waals surface area contributed by atoms with Crippen molar-refractivity contribution < 1.29 is 34.0 Å². The molecule has 0 saturated carbocycles. The Morgan fingerprint density at radius 2 is 1.65 bits per heavy atom. The summed E-state index contributed by atoms with van der Waals surface area (Å²) in [5.41, 5.74) is 4.16. The van der Waals surface area contributed by atoms with Crippen molar-refractivity contribution in [3.8, 4) is 11.4 Å². The molecule has 4 N–H and O–H groups in total. The zero-order chi connectivity index (χ0) is 32.5. The lowest BCUT2D eigenvalue weighted by atomic mass is 9.91. The van der Waals surface area contributed by atoms with Crippen molar-refractivity contribution in [2.24, 2.45) is 5.92 Å². The molecule has 1 saturated heterocycles. The highest BCUT2D eigenvalue weighted by atomic mass is 32.2. The fourth-order valence-electron chi connectivity index (χ4n) is 4.89. The van der Waals surface area contributed by atoms with Crippen molar-refractivity contribution in [2.75, 3.05) is 18.9 Å². The number of benzene rings is 3. The minimum atomic E-state index is -0.674. The molecule has 46 heavy (non-hydrogen) atoms. The lowest BCUT2D eigenvalue weighted by Crippen LogP contribution is -2.39. The van der Waals surface area contributed by atoms with Gasteiger partial charge in [-0.3, -0.25) is 4.79 Å². The monoisotopic (exact) mass is 648 g/mol. The largest absolute Gasteiger partial charge is 0.508 e. The number of aromatic nitrogens is 4. The van der Waals surface area contributed by atoms with Gasteiger partial charge in [-0.1, -0.05) is 67.2 Å². The average molecular weight is 649 g/mol. The van der Waals surface area contributed by atoms with Gasteiger partial charge in [0.15, 0.2) is 6.29 Å². The number of nitrogens with one attached hydrogen (secondary N) is 2. The van der Waals surface area contributed by atoms with Gasteiger partial charge in [0.2, 0.25) is 5.16 Å². The average Bonchev–Trinajstić information content (AvgIpc) is 3.55. The van der Waals surface area contributed by atoms with E-state index in [4.69, 9.17) is 14.2 Å². The third-order valence-electron chi connectivity index (χ3n) is 7.44. The van der Waals surface area contributed by atoms with E-state index >= 15 is 0 Å². The molecule has 3 aromatic carbocycles. The van der Waals surface area contributed by atoms with Gasteiger partial charge in [0.25, 0.3) is 0 Å². The summed E-state index contributed by atoms with van der Waals surface area (Å²) in [5, 5.41) is 37.1. The molecule has 4 aromatic rings. The smallest absolute Gasteiger partial charge is 0.325 e. The number of phenols is 1. The van der Waals surface area contributed by atoms with Gasteiger partial charge in [0.05, 0.1) is 31.1 Å². The van der Waals surface area contributed by atoms with Gasteiger partial charge in [-0.2, -0.15) is 4.68 Å². The molecule has 14 heteroatoms. The number of thioether (sulfide) groups is 1. The van der Waals surface area contributed by atoms with Crippen molar-refractivity contribution in [2.45, 2.75) is 50.7 Å². The molecule has 0 spiro atoms. The lowest BCUT2D eigenvalue weighted by molar-refractivity contribution is -0.268. The summed E-state index contributed by atoms with van der Waals surface area (Å²) in [6.45, 7) is 4.04. The molecule has 13 nitrogen and oxygen atoms in total.